The third-order valence-electron chi connectivity index (χ3n) is 4.15. The molecule has 0 bridgehead atoms. The number of carbonyl (C=O) groups excluding carboxylic acids is 1. The minimum atomic E-state index is -0.286. The Labute approximate surface area is 126 Å². The average molecular weight is 302 g/mol. The Morgan fingerprint density at radius 2 is 1.86 bits per heavy atom. The number of aryl methyl sites for hydroxylation is 1. The second kappa shape index (κ2) is 4.84. The van der Waals surface area contributed by atoms with Crippen LogP contribution in [0.25, 0.3) is 0 Å². The summed E-state index contributed by atoms with van der Waals surface area (Å²) in [6, 6.07) is 6.23. The second-order valence-corrected chi connectivity index (χ2v) is 6.62. The van der Waals surface area contributed by atoms with Crippen LogP contribution in [0.1, 0.15) is 45.4 Å². The summed E-state index contributed by atoms with van der Waals surface area (Å²) in [6.45, 7) is 0. The minimum absolute atomic E-state index is 0.0162. The van der Waals surface area contributed by atoms with Crippen molar-refractivity contribution in [3.8, 4) is 0 Å². The predicted octanol–water partition coefficient (Wildman–Crippen LogP) is 3.62. The van der Waals surface area contributed by atoms with Gasteiger partial charge >= 0.3 is 0 Å². The molecule has 2 aliphatic rings. The van der Waals surface area contributed by atoms with E-state index in [9.17, 15) is 9.18 Å². The van der Waals surface area contributed by atoms with Crippen molar-refractivity contribution in [2.45, 2.75) is 31.8 Å². The van der Waals surface area contributed by atoms with E-state index in [1.54, 1.807) is 23.5 Å². The van der Waals surface area contributed by atoms with E-state index in [0.29, 0.717) is 0 Å². The number of halogens is 1. The Morgan fingerprint density at radius 3 is 2.67 bits per heavy atom. The molecule has 2 heterocycles. The maximum Gasteiger partial charge on any atom is 0.256 e. The molecular formula is C16H15FN2OS. The minimum Gasteiger partial charge on any atom is -0.353 e. The van der Waals surface area contributed by atoms with Crippen LogP contribution in [0.4, 0.5) is 9.39 Å². The molecule has 1 aliphatic heterocycles. The number of carbonyl (C=O) groups is 1. The largest absolute Gasteiger partial charge is 0.353 e. The number of fused-ring (bicyclic) bond motifs is 3. The molecule has 0 unspecified atom stereocenters. The number of benzene rings is 1. The smallest absolute Gasteiger partial charge is 0.256 e. The van der Waals surface area contributed by atoms with Crippen LogP contribution in [-0.2, 0) is 12.8 Å². The van der Waals surface area contributed by atoms with E-state index in [1.807, 2.05) is 0 Å². The summed E-state index contributed by atoms with van der Waals surface area (Å²) in [5.74, 6) is -0.286. The van der Waals surface area contributed by atoms with Crippen molar-refractivity contribution in [1.82, 2.24) is 5.32 Å². The summed E-state index contributed by atoms with van der Waals surface area (Å²) in [5, 5.41) is 7.32. The zero-order valence-electron chi connectivity index (χ0n) is 11.4. The van der Waals surface area contributed by atoms with Crippen LogP contribution in [-0.4, -0.2) is 5.91 Å². The SMILES string of the molecule is O=C1N[C@@H](c2ccc(F)cc2)Nc2sc3c(c21)CCCC3. The standard InChI is InChI=1S/C16H15FN2OS/c17-10-7-5-9(6-8-10)14-18-15(20)13-11-3-1-2-4-12(11)21-16(13)19-14/h5-8,14,19H,1-4H2,(H,18,20)/t14-/m1/s1. The van der Waals surface area contributed by atoms with E-state index in [4.69, 9.17) is 0 Å². The first-order valence-corrected chi connectivity index (χ1v) is 8.01. The summed E-state index contributed by atoms with van der Waals surface area (Å²) in [6.07, 6.45) is 4.15. The Balaban J connectivity index is 1.70. The lowest BCUT2D eigenvalue weighted by Gasteiger charge is -2.26. The molecule has 2 N–H and O–H groups in total. The second-order valence-electron chi connectivity index (χ2n) is 5.52. The third-order valence-corrected chi connectivity index (χ3v) is 5.38. The normalized spacial score (nSPS) is 20.2. The zero-order chi connectivity index (χ0) is 14.4. The van der Waals surface area contributed by atoms with Crippen LogP contribution < -0.4 is 10.6 Å². The molecule has 0 fully saturated rings. The van der Waals surface area contributed by atoms with Gasteiger partial charge in [0.1, 0.15) is 17.0 Å². The summed E-state index contributed by atoms with van der Waals surface area (Å²) in [4.78, 5) is 13.8. The number of rotatable bonds is 1. The maximum absolute atomic E-state index is 13.0. The lowest BCUT2D eigenvalue weighted by molar-refractivity contribution is 0.0935. The van der Waals surface area contributed by atoms with Gasteiger partial charge in [0.25, 0.3) is 5.91 Å². The Kier molecular flexibility index (Phi) is 2.96. The van der Waals surface area contributed by atoms with Crippen LogP contribution in [0.2, 0.25) is 0 Å². The van der Waals surface area contributed by atoms with Crippen LogP contribution in [0, 0.1) is 5.82 Å². The van der Waals surface area contributed by atoms with Crippen molar-refractivity contribution in [3.63, 3.8) is 0 Å². The van der Waals surface area contributed by atoms with Gasteiger partial charge in [-0.3, -0.25) is 4.79 Å². The highest BCUT2D eigenvalue weighted by Crippen LogP contribution is 2.41. The zero-order valence-corrected chi connectivity index (χ0v) is 12.2. The van der Waals surface area contributed by atoms with Gasteiger partial charge in [0.15, 0.2) is 0 Å². The number of nitrogens with one attached hydrogen (secondary N) is 2. The molecule has 0 saturated heterocycles. The lowest BCUT2D eigenvalue weighted by atomic mass is 9.94. The molecule has 4 rings (SSSR count). The fraction of sp³-hybridized carbons (Fsp3) is 0.312. The Hall–Kier alpha value is -1.88. The highest BCUT2D eigenvalue weighted by Gasteiger charge is 2.31. The molecule has 108 valence electrons. The maximum atomic E-state index is 13.0. The highest BCUT2D eigenvalue weighted by molar-refractivity contribution is 7.16. The Morgan fingerprint density at radius 1 is 1.10 bits per heavy atom. The molecule has 2 aromatic rings. The molecule has 3 nitrogen and oxygen atoms in total. The van der Waals surface area contributed by atoms with E-state index in [0.717, 1.165) is 35.4 Å². The van der Waals surface area contributed by atoms with Gasteiger partial charge in [-0.1, -0.05) is 12.1 Å². The molecule has 0 radical (unpaired) electrons. The average Bonchev–Trinajstić information content (AvgIpc) is 2.86. The van der Waals surface area contributed by atoms with E-state index in [2.05, 4.69) is 10.6 Å². The van der Waals surface area contributed by atoms with E-state index in [-0.39, 0.29) is 17.9 Å². The van der Waals surface area contributed by atoms with E-state index < -0.39 is 0 Å². The first-order chi connectivity index (χ1) is 10.2. The summed E-state index contributed by atoms with van der Waals surface area (Å²) in [7, 11) is 0. The summed E-state index contributed by atoms with van der Waals surface area (Å²) < 4.78 is 13.0. The molecule has 0 saturated carbocycles. The molecule has 1 amide bonds. The number of hydrogen-bond acceptors (Lipinski definition) is 3. The predicted molar refractivity (Wildman–Crippen MR) is 81.2 cm³/mol. The Bertz CT molecular complexity index is 708. The van der Waals surface area contributed by atoms with Crippen LogP contribution in [0.3, 0.4) is 0 Å². The van der Waals surface area contributed by atoms with Gasteiger partial charge in [0, 0.05) is 4.88 Å². The molecule has 1 aliphatic carbocycles. The quantitative estimate of drug-likeness (QED) is 0.845. The van der Waals surface area contributed by atoms with Gasteiger partial charge < -0.3 is 10.6 Å². The van der Waals surface area contributed by atoms with Crippen molar-refractivity contribution in [1.29, 1.82) is 0 Å². The molecule has 5 heteroatoms. The fourth-order valence-corrected chi connectivity index (χ4v) is 4.41. The lowest BCUT2D eigenvalue weighted by Crippen LogP contribution is -2.38. The fourth-order valence-electron chi connectivity index (χ4n) is 3.10. The van der Waals surface area contributed by atoms with Crippen molar-refractivity contribution in [2.75, 3.05) is 5.32 Å². The van der Waals surface area contributed by atoms with Gasteiger partial charge in [0.05, 0.1) is 5.56 Å². The van der Waals surface area contributed by atoms with E-state index in [1.165, 1.54) is 29.0 Å². The molecule has 1 atom stereocenters. The van der Waals surface area contributed by atoms with Crippen molar-refractivity contribution in [2.24, 2.45) is 0 Å². The number of amides is 1. The van der Waals surface area contributed by atoms with E-state index >= 15 is 0 Å². The van der Waals surface area contributed by atoms with Gasteiger partial charge in [-0.15, -0.1) is 11.3 Å². The summed E-state index contributed by atoms with van der Waals surface area (Å²) >= 11 is 1.70. The number of anilines is 1. The van der Waals surface area contributed by atoms with Gasteiger partial charge in [-0.25, -0.2) is 4.39 Å². The van der Waals surface area contributed by atoms with Crippen LogP contribution in [0.15, 0.2) is 24.3 Å². The van der Waals surface area contributed by atoms with Crippen molar-refractivity contribution < 1.29 is 9.18 Å². The number of thiophene rings is 1. The number of hydrogen-bond donors (Lipinski definition) is 2. The topological polar surface area (TPSA) is 41.1 Å². The van der Waals surface area contributed by atoms with Gasteiger partial charge in [-0.05, 0) is 48.9 Å². The molecular weight excluding hydrogens is 287 g/mol. The molecule has 0 spiro atoms. The molecule has 1 aromatic carbocycles. The molecule has 1 aromatic heterocycles. The van der Waals surface area contributed by atoms with Crippen molar-refractivity contribution in [3.05, 3.63) is 51.7 Å². The van der Waals surface area contributed by atoms with Crippen LogP contribution >= 0.6 is 11.3 Å². The highest BCUT2D eigenvalue weighted by atomic mass is 32.1. The summed E-state index contributed by atoms with van der Waals surface area (Å²) in [5.41, 5.74) is 2.92. The van der Waals surface area contributed by atoms with Gasteiger partial charge in [0.2, 0.25) is 0 Å². The molecule has 21 heavy (non-hydrogen) atoms. The third kappa shape index (κ3) is 2.12. The monoisotopic (exact) mass is 302 g/mol. The van der Waals surface area contributed by atoms with Crippen LogP contribution in [0.5, 0.6) is 0 Å². The first-order valence-electron chi connectivity index (χ1n) is 7.20. The first kappa shape index (κ1) is 12.8. The van der Waals surface area contributed by atoms with Crippen molar-refractivity contribution >= 4 is 22.2 Å². The van der Waals surface area contributed by atoms with Gasteiger partial charge in [-0.2, -0.15) is 0 Å².